The first-order valence-electron chi connectivity index (χ1n) is 10.7. The quantitative estimate of drug-likeness (QED) is 0.699. The largest absolute Gasteiger partial charge is 0.392 e. The molecule has 5 rings (SSSR count). The highest BCUT2D eigenvalue weighted by molar-refractivity contribution is 5.79. The Hall–Kier alpha value is -2.70. The lowest BCUT2D eigenvalue weighted by molar-refractivity contribution is -0.129. The molecule has 3 aromatic rings. The van der Waals surface area contributed by atoms with Crippen LogP contribution in [0.4, 0.5) is 0 Å². The number of likely N-dealkylation sites (tertiary alicyclic amines) is 1. The van der Waals surface area contributed by atoms with Gasteiger partial charge >= 0.3 is 0 Å². The molecule has 2 N–H and O–H groups in total. The number of fused-ring (bicyclic) bond motifs is 2. The minimum Gasteiger partial charge on any atom is -0.392 e. The molecule has 1 aromatic heterocycles. The van der Waals surface area contributed by atoms with Gasteiger partial charge in [-0.1, -0.05) is 36.4 Å². The minimum absolute atomic E-state index is 0.000252. The molecule has 2 heterocycles. The second kappa shape index (κ2) is 7.85. The molecule has 1 aliphatic heterocycles. The zero-order chi connectivity index (χ0) is 20.7. The Labute approximate surface area is 175 Å². The van der Waals surface area contributed by atoms with Crippen LogP contribution in [0, 0.1) is 11.8 Å². The van der Waals surface area contributed by atoms with Crippen molar-refractivity contribution >= 4 is 16.9 Å². The molecule has 0 unspecified atom stereocenters. The number of para-hydroxylation sites is 2. The fourth-order valence-electron chi connectivity index (χ4n) is 5.20. The first kappa shape index (κ1) is 19.3. The zero-order valence-electron chi connectivity index (χ0n) is 16.9. The molecular formula is C24H27N3O3. The van der Waals surface area contributed by atoms with E-state index >= 15 is 0 Å². The van der Waals surface area contributed by atoms with E-state index in [9.17, 15) is 15.0 Å². The van der Waals surface area contributed by atoms with Crippen molar-refractivity contribution in [1.82, 2.24) is 14.5 Å². The molecule has 0 bridgehead atoms. The molecule has 0 spiro atoms. The number of amides is 1. The molecule has 1 amide bonds. The second-order valence-corrected chi connectivity index (χ2v) is 8.72. The third kappa shape index (κ3) is 3.50. The Kier molecular flexibility index (Phi) is 5.05. The summed E-state index contributed by atoms with van der Waals surface area (Å²) in [4.78, 5) is 19.3. The summed E-state index contributed by atoms with van der Waals surface area (Å²) < 4.78 is 2.11. The number of carbonyl (C=O) groups excluding carboxylic acids is 1. The number of aliphatic hydroxyl groups excluding tert-OH is 2. The Morgan fingerprint density at radius 1 is 1.00 bits per heavy atom. The summed E-state index contributed by atoms with van der Waals surface area (Å²) in [6, 6.07) is 15.6. The second-order valence-electron chi connectivity index (χ2n) is 8.72. The maximum atomic E-state index is 12.9. The summed E-state index contributed by atoms with van der Waals surface area (Å²) in [5.74, 6) is 0.896. The number of nitrogens with zero attached hydrogens (tertiary/aromatic N) is 3. The van der Waals surface area contributed by atoms with Gasteiger partial charge in [0.25, 0.3) is 0 Å². The lowest BCUT2D eigenvalue weighted by atomic mass is 9.77. The van der Waals surface area contributed by atoms with Gasteiger partial charge in [-0.3, -0.25) is 4.79 Å². The van der Waals surface area contributed by atoms with Crippen LogP contribution in [0.25, 0.3) is 11.0 Å². The van der Waals surface area contributed by atoms with Gasteiger partial charge in [0, 0.05) is 13.1 Å². The van der Waals surface area contributed by atoms with Gasteiger partial charge in [-0.2, -0.15) is 0 Å². The van der Waals surface area contributed by atoms with Crippen molar-refractivity contribution in [2.24, 2.45) is 11.8 Å². The van der Waals surface area contributed by atoms with E-state index < -0.39 is 6.10 Å². The predicted molar refractivity (Wildman–Crippen MR) is 114 cm³/mol. The van der Waals surface area contributed by atoms with Crippen LogP contribution in [0.2, 0.25) is 0 Å². The van der Waals surface area contributed by atoms with Crippen LogP contribution in [-0.4, -0.2) is 49.8 Å². The average Bonchev–Trinajstić information content (AvgIpc) is 3.37. The van der Waals surface area contributed by atoms with Crippen LogP contribution in [0.5, 0.6) is 0 Å². The van der Waals surface area contributed by atoms with E-state index in [-0.39, 0.29) is 18.6 Å². The number of benzene rings is 2. The van der Waals surface area contributed by atoms with Crippen LogP contribution in [0.1, 0.15) is 30.0 Å². The van der Waals surface area contributed by atoms with Crippen LogP contribution >= 0.6 is 0 Å². The van der Waals surface area contributed by atoms with E-state index in [1.807, 2.05) is 59.8 Å². The third-order valence-corrected chi connectivity index (χ3v) is 6.86. The van der Waals surface area contributed by atoms with Crippen molar-refractivity contribution < 1.29 is 15.0 Å². The Morgan fingerprint density at radius 2 is 1.70 bits per heavy atom. The van der Waals surface area contributed by atoms with E-state index in [0.29, 0.717) is 18.3 Å². The zero-order valence-corrected chi connectivity index (χ0v) is 16.9. The molecule has 0 radical (unpaired) electrons. The average molecular weight is 405 g/mol. The fourth-order valence-corrected chi connectivity index (χ4v) is 5.20. The smallest absolute Gasteiger partial charge is 0.227 e. The van der Waals surface area contributed by atoms with Gasteiger partial charge in [0.1, 0.15) is 0 Å². The molecule has 2 fully saturated rings. The molecule has 2 aliphatic rings. The summed E-state index contributed by atoms with van der Waals surface area (Å²) in [7, 11) is 0. The summed E-state index contributed by atoms with van der Waals surface area (Å²) in [5, 5.41) is 20.1. The minimum atomic E-state index is -0.426. The Balaban J connectivity index is 1.27. The van der Waals surface area contributed by atoms with E-state index in [2.05, 4.69) is 9.55 Å². The standard InChI is InChI=1S/C24H27N3O3/c28-14-17-7-5-16(6-8-17)9-24(30)26-12-18-10-22(23(29)11-19(18)13-26)27-15-25-20-3-1-2-4-21(20)27/h1-8,15,18-19,22-23,28-29H,9-14H2/t18-,19+,22-,23-/m1/s1. The number of hydrogen-bond donors (Lipinski definition) is 2. The van der Waals surface area contributed by atoms with Gasteiger partial charge in [0.2, 0.25) is 5.91 Å². The molecule has 1 saturated heterocycles. The fraction of sp³-hybridized carbons (Fsp3) is 0.417. The summed E-state index contributed by atoms with van der Waals surface area (Å²) >= 11 is 0. The highest BCUT2D eigenvalue weighted by atomic mass is 16.3. The van der Waals surface area contributed by atoms with E-state index in [1.54, 1.807) is 0 Å². The molecule has 30 heavy (non-hydrogen) atoms. The molecule has 4 atom stereocenters. The highest BCUT2D eigenvalue weighted by Crippen LogP contribution is 2.42. The Morgan fingerprint density at radius 3 is 2.47 bits per heavy atom. The van der Waals surface area contributed by atoms with Crippen LogP contribution in [-0.2, 0) is 17.8 Å². The molecule has 6 heteroatoms. The van der Waals surface area contributed by atoms with Gasteiger partial charge in [0.05, 0.1) is 42.5 Å². The maximum Gasteiger partial charge on any atom is 0.227 e. The number of rotatable bonds is 4. The molecule has 1 aliphatic carbocycles. The highest BCUT2D eigenvalue weighted by Gasteiger charge is 2.43. The van der Waals surface area contributed by atoms with Gasteiger partial charge in [-0.05, 0) is 47.9 Å². The van der Waals surface area contributed by atoms with E-state index in [1.165, 1.54) is 0 Å². The maximum absolute atomic E-state index is 12.9. The molecule has 6 nitrogen and oxygen atoms in total. The lowest BCUT2D eigenvalue weighted by Crippen LogP contribution is -2.36. The monoisotopic (exact) mass is 405 g/mol. The van der Waals surface area contributed by atoms with E-state index in [0.717, 1.165) is 48.1 Å². The first-order valence-corrected chi connectivity index (χ1v) is 10.7. The number of aromatic nitrogens is 2. The number of imidazole rings is 1. The summed E-state index contributed by atoms with van der Waals surface area (Å²) in [5.41, 5.74) is 3.82. The lowest BCUT2D eigenvalue weighted by Gasteiger charge is -2.36. The van der Waals surface area contributed by atoms with Gasteiger partial charge in [-0.15, -0.1) is 0 Å². The summed E-state index contributed by atoms with van der Waals surface area (Å²) in [6.45, 7) is 1.50. The van der Waals surface area contributed by atoms with Gasteiger partial charge in [0.15, 0.2) is 0 Å². The van der Waals surface area contributed by atoms with E-state index in [4.69, 9.17) is 0 Å². The van der Waals surface area contributed by atoms with Crippen molar-refractivity contribution in [3.05, 3.63) is 66.0 Å². The number of hydrogen-bond acceptors (Lipinski definition) is 4. The SMILES string of the molecule is O=C(Cc1ccc(CO)cc1)N1C[C@H]2C[C@@H](n3cnc4ccccc43)[C@H](O)C[C@H]2C1. The van der Waals surface area contributed by atoms with Crippen molar-refractivity contribution in [3.63, 3.8) is 0 Å². The van der Waals surface area contributed by atoms with Gasteiger partial charge in [-0.25, -0.2) is 4.98 Å². The van der Waals surface area contributed by atoms with Crippen molar-refractivity contribution in [2.45, 2.75) is 38.0 Å². The molecule has 1 saturated carbocycles. The molecular weight excluding hydrogens is 378 g/mol. The molecule has 2 aromatic carbocycles. The summed E-state index contributed by atoms with van der Waals surface area (Å²) in [6.07, 6.45) is 3.37. The first-order chi connectivity index (χ1) is 14.6. The Bertz CT molecular complexity index is 1050. The van der Waals surface area contributed by atoms with Crippen molar-refractivity contribution in [2.75, 3.05) is 13.1 Å². The molecule has 156 valence electrons. The van der Waals surface area contributed by atoms with Crippen LogP contribution in [0.3, 0.4) is 0 Å². The van der Waals surface area contributed by atoms with Gasteiger partial charge < -0.3 is 19.7 Å². The van der Waals surface area contributed by atoms with Crippen molar-refractivity contribution in [3.8, 4) is 0 Å². The van der Waals surface area contributed by atoms with Crippen LogP contribution < -0.4 is 0 Å². The normalized spacial score (nSPS) is 26.1. The third-order valence-electron chi connectivity index (χ3n) is 6.86. The number of aliphatic hydroxyl groups is 2. The topological polar surface area (TPSA) is 78.6 Å². The number of carbonyl (C=O) groups is 1. The van der Waals surface area contributed by atoms with Crippen LogP contribution in [0.15, 0.2) is 54.9 Å². The van der Waals surface area contributed by atoms with Crippen molar-refractivity contribution in [1.29, 1.82) is 0 Å². The predicted octanol–water partition coefficient (Wildman–Crippen LogP) is 2.54.